The van der Waals surface area contributed by atoms with Gasteiger partial charge in [-0.1, -0.05) is 30.1 Å². The molecule has 2 rings (SSSR count). The third kappa shape index (κ3) is 2.10. The number of rotatable bonds is 1. The van der Waals surface area contributed by atoms with E-state index in [-0.39, 0.29) is 11.8 Å². The molecule has 0 spiro atoms. The smallest absolute Gasteiger partial charge is 0.240 e. The molecule has 0 aromatic heterocycles. The summed E-state index contributed by atoms with van der Waals surface area (Å²) >= 11 is 13.2. The topological polar surface area (TPSA) is 20.3 Å². The Bertz CT molecular complexity index is 410. The van der Waals surface area contributed by atoms with Crippen LogP contribution in [0.1, 0.15) is 6.92 Å². The fraction of sp³-hybridized carbons (Fsp3) is 0.300. The summed E-state index contributed by atoms with van der Waals surface area (Å²) in [6, 6.07) is 5.22. The molecule has 80 valence electrons. The largest absolute Gasteiger partial charge is 0.273 e. The lowest BCUT2D eigenvalue weighted by Gasteiger charge is -2.14. The Hall–Kier alpha value is -0.380. The first-order valence-corrected chi connectivity index (χ1v) is 6.21. The summed E-state index contributed by atoms with van der Waals surface area (Å²) < 4.78 is 1.67. The lowest BCUT2D eigenvalue weighted by molar-refractivity contribution is -0.119. The van der Waals surface area contributed by atoms with Crippen LogP contribution in [0.2, 0.25) is 10.0 Å². The van der Waals surface area contributed by atoms with Crippen LogP contribution in [0.5, 0.6) is 0 Å². The molecule has 0 bridgehead atoms. The van der Waals surface area contributed by atoms with E-state index >= 15 is 0 Å². The zero-order chi connectivity index (χ0) is 11.0. The highest BCUT2D eigenvalue weighted by atomic mass is 35.5. The van der Waals surface area contributed by atoms with Gasteiger partial charge in [-0.3, -0.25) is 9.10 Å². The maximum Gasteiger partial charge on any atom is 0.240 e. The standard InChI is InChI=1S/C10H9Cl2NOS/c1-6-5-15-13(10(6)14)7-2-3-8(11)9(12)4-7/h2-4,6H,5H2,1H3. The van der Waals surface area contributed by atoms with E-state index in [1.165, 1.54) is 11.9 Å². The Morgan fingerprint density at radius 3 is 2.67 bits per heavy atom. The Morgan fingerprint density at radius 2 is 2.13 bits per heavy atom. The molecule has 1 aromatic rings. The van der Waals surface area contributed by atoms with Crippen molar-refractivity contribution >= 4 is 46.7 Å². The number of hydrogen-bond acceptors (Lipinski definition) is 2. The molecule has 1 atom stereocenters. The minimum absolute atomic E-state index is 0.0736. The van der Waals surface area contributed by atoms with Gasteiger partial charge in [0.2, 0.25) is 5.91 Å². The van der Waals surface area contributed by atoms with Crippen LogP contribution < -0.4 is 4.31 Å². The number of hydrogen-bond donors (Lipinski definition) is 0. The van der Waals surface area contributed by atoms with E-state index < -0.39 is 0 Å². The summed E-state index contributed by atoms with van der Waals surface area (Å²) in [5.74, 6) is 1.02. The number of carbonyl (C=O) groups is 1. The van der Waals surface area contributed by atoms with Crippen LogP contribution in [-0.4, -0.2) is 11.7 Å². The minimum atomic E-state index is 0.0736. The molecule has 1 aliphatic heterocycles. The van der Waals surface area contributed by atoms with Crippen LogP contribution >= 0.6 is 35.1 Å². The molecular weight excluding hydrogens is 253 g/mol. The molecule has 1 fully saturated rings. The zero-order valence-electron chi connectivity index (χ0n) is 8.04. The fourth-order valence-electron chi connectivity index (χ4n) is 1.33. The van der Waals surface area contributed by atoms with Crippen LogP contribution in [0.25, 0.3) is 0 Å². The van der Waals surface area contributed by atoms with E-state index in [1.54, 1.807) is 22.5 Å². The summed E-state index contributed by atoms with van der Waals surface area (Å²) in [5.41, 5.74) is 0.795. The van der Waals surface area contributed by atoms with Crippen molar-refractivity contribution in [3.8, 4) is 0 Å². The fourth-order valence-corrected chi connectivity index (χ4v) is 2.71. The van der Waals surface area contributed by atoms with Crippen molar-refractivity contribution in [3.63, 3.8) is 0 Å². The first kappa shape index (κ1) is 11.1. The van der Waals surface area contributed by atoms with E-state index in [0.717, 1.165) is 11.4 Å². The Kier molecular flexibility index (Phi) is 3.14. The number of anilines is 1. The van der Waals surface area contributed by atoms with Crippen LogP contribution in [0.15, 0.2) is 18.2 Å². The van der Waals surface area contributed by atoms with Gasteiger partial charge >= 0.3 is 0 Å². The predicted molar refractivity (Wildman–Crippen MR) is 65.6 cm³/mol. The molecule has 0 saturated carbocycles. The SMILES string of the molecule is CC1CSN(c2ccc(Cl)c(Cl)c2)C1=O. The molecule has 2 nitrogen and oxygen atoms in total. The van der Waals surface area contributed by atoms with Gasteiger partial charge < -0.3 is 0 Å². The highest BCUT2D eigenvalue weighted by Gasteiger charge is 2.30. The van der Waals surface area contributed by atoms with Crippen molar-refractivity contribution in [3.05, 3.63) is 28.2 Å². The van der Waals surface area contributed by atoms with Crippen molar-refractivity contribution in [1.82, 2.24) is 0 Å². The average Bonchev–Trinajstić information content (AvgIpc) is 2.53. The predicted octanol–water partition coefficient (Wildman–Crippen LogP) is 3.62. The van der Waals surface area contributed by atoms with Gasteiger partial charge in [0.15, 0.2) is 0 Å². The summed E-state index contributed by atoms with van der Waals surface area (Å²) in [5, 5.41) is 0.979. The van der Waals surface area contributed by atoms with Crippen molar-refractivity contribution in [2.45, 2.75) is 6.92 Å². The lowest BCUT2D eigenvalue weighted by atomic mass is 10.2. The Morgan fingerprint density at radius 1 is 1.40 bits per heavy atom. The number of benzene rings is 1. The zero-order valence-corrected chi connectivity index (χ0v) is 10.4. The minimum Gasteiger partial charge on any atom is -0.273 e. The van der Waals surface area contributed by atoms with E-state index in [4.69, 9.17) is 23.2 Å². The maximum absolute atomic E-state index is 11.7. The van der Waals surface area contributed by atoms with Crippen molar-refractivity contribution in [2.24, 2.45) is 5.92 Å². The van der Waals surface area contributed by atoms with Gasteiger partial charge in [-0.25, -0.2) is 0 Å². The van der Waals surface area contributed by atoms with Crippen molar-refractivity contribution in [2.75, 3.05) is 10.1 Å². The second-order valence-corrected chi connectivity index (χ2v) is 5.20. The van der Waals surface area contributed by atoms with Gasteiger partial charge in [-0.15, -0.1) is 0 Å². The van der Waals surface area contributed by atoms with Crippen molar-refractivity contribution in [1.29, 1.82) is 0 Å². The van der Waals surface area contributed by atoms with Crippen LogP contribution in [0.3, 0.4) is 0 Å². The number of halogens is 2. The molecule has 0 radical (unpaired) electrons. The molecule has 0 aliphatic carbocycles. The van der Waals surface area contributed by atoms with Crippen molar-refractivity contribution < 1.29 is 4.79 Å². The van der Waals surface area contributed by atoms with Gasteiger partial charge in [0.05, 0.1) is 15.7 Å². The van der Waals surface area contributed by atoms with E-state index in [0.29, 0.717) is 10.0 Å². The average molecular weight is 262 g/mol. The van der Waals surface area contributed by atoms with E-state index in [9.17, 15) is 4.79 Å². The molecule has 15 heavy (non-hydrogen) atoms. The third-order valence-electron chi connectivity index (χ3n) is 2.21. The van der Waals surface area contributed by atoms with E-state index in [1.807, 2.05) is 6.92 Å². The molecule has 5 heteroatoms. The normalized spacial score (nSPS) is 21.1. The lowest BCUT2D eigenvalue weighted by Crippen LogP contribution is -2.21. The summed E-state index contributed by atoms with van der Waals surface area (Å²) in [4.78, 5) is 11.7. The second kappa shape index (κ2) is 4.24. The highest BCUT2D eigenvalue weighted by molar-refractivity contribution is 8.01. The molecule has 1 aromatic carbocycles. The van der Waals surface area contributed by atoms with Crippen LogP contribution in [-0.2, 0) is 4.79 Å². The molecule has 1 aliphatic rings. The molecule has 1 saturated heterocycles. The number of amides is 1. The van der Waals surface area contributed by atoms with Crippen LogP contribution in [0, 0.1) is 5.92 Å². The number of nitrogens with zero attached hydrogens (tertiary/aromatic N) is 1. The summed E-state index contributed by atoms with van der Waals surface area (Å²) in [6.07, 6.45) is 0. The van der Waals surface area contributed by atoms with Gasteiger partial charge in [-0.2, -0.15) is 0 Å². The third-order valence-corrected chi connectivity index (χ3v) is 4.25. The molecular formula is C10H9Cl2NOS. The molecule has 1 unspecified atom stereocenters. The van der Waals surface area contributed by atoms with E-state index in [2.05, 4.69) is 0 Å². The molecule has 1 amide bonds. The summed E-state index contributed by atoms with van der Waals surface area (Å²) in [7, 11) is 0. The van der Waals surface area contributed by atoms with Gasteiger partial charge in [-0.05, 0) is 30.1 Å². The Balaban J connectivity index is 2.31. The van der Waals surface area contributed by atoms with Gasteiger partial charge in [0.25, 0.3) is 0 Å². The van der Waals surface area contributed by atoms with Gasteiger partial charge in [0.1, 0.15) is 0 Å². The monoisotopic (exact) mass is 261 g/mol. The first-order chi connectivity index (χ1) is 7.09. The number of carbonyl (C=O) groups excluding carboxylic acids is 1. The van der Waals surface area contributed by atoms with Gasteiger partial charge in [0, 0.05) is 11.7 Å². The first-order valence-electron chi connectivity index (χ1n) is 4.51. The summed E-state index contributed by atoms with van der Waals surface area (Å²) in [6.45, 7) is 1.92. The second-order valence-electron chi connectivity index (χ2n) is 3.43. The quantitative estimate of drug-likeness (QED) is 0.720. The Labute approximate surface area is 103 Å². The highest BCUT2D eigenvalue weighted by Crippen LogP contribution is 2.35. The van der Waals surface area contributed by atoms with Crippen LogP contribution in [0.4, 0.5) is 5.69 Å². The molecule has 1 heterocycles. The molecule has 0 N–H and O–H groups in total. The maximum atomic E-state index is 11.7.